The zero-order valence-corrected chi connectivity index (χ0v) is 15.4. The molecule has 26 heavy (non-hydrogen) atoms. The number of rotatable bonds is 5. The molecule has 2 rings (SSSR count). The molecule has 0 unspecified atom stereocenters. The van der Waals surface area contributed by atoms with E-state index in [1.54, 1.807) is 24.3 Å². The Morgan fingerprint density at radius 3 is 2.42 bits per heavy atom. The van der Waals surface area contributed by atoms with Gasteiger partial charge in [0.15, 0.2) is 11.5 Å². The lowest BCUT2D eigenvalue weighted by Crippen LogP contribution is -2.32. The highest BCUT2D eigenvalue weighted by Gasteiger charge is 2.14. The number of hydrogen-bond acceptors (Lipinski definition) is 5. The topological polar surface area (TPSA) is 89.0 Å². The normalized spacial score (nSPS) is 10.5. The van der Waals surface area contributed by atoms with Crippen LogP contribution in [0.2, 0.25) is 10.0 Å². The highest BCUT2D eigenvalue weighted by Crippen LogP contribution is 2.27. The Morgan fingerprint density at radius 2 is 1.73 bits per heavy atom. The molecule has 0 atom stereocenters. The molecule has 0 aliphatic carbocycles. The van der Waals surface area contributed by atoms with Crippen LogP contribution in [0, 0.1) is 0 Å². The van der Waals surface area contributed by atoms with Crippen LogP contribution in [0.1, 0.15) is 5.56 Å². The van der Waals surface area contributed by atoms with Crippen LogP contribution in [-0.4, -0.2) is 32.2 Å². The van der Waals surface area contributed by atoms with Crippen LogP contribution in [0.4, 0.5) is 5.69 Å². The summed E-state index contributed by atoms with van der Waals surface area (Å²) in [5.74, 6) is -0.820. The van der Waals surface area contributed by atoms with Crippen LogP contribution in [0.25, 0.3) is 0 Å². The molecule has 2 aromatic carbocycles. The molecule has 2 N–H and O–H groups in total. The highest BCUT2D eigenvalue weighted by molar-refractivity contribution is 6.42. The molecule has 0 fully saturated rings. The number of hydrazone groups is 1. The third kappa shape index (κ3) is 5.11. The van der Waals surface area contributed by atoms with Gasteiger partial charge in [-0.1, -0.05) is 23.2 Å². The first-order valence-corrected chi connectivity index (χ1v) is 8.01. The van der Waals surface area contributed by atoms with E-state index in [0.717, 1.165) is 0 Å². The zero-order chi connectivity index (χ0) is 19.1. The van der Waals surface area contributed by atoms with E-state index < -0.39 is 11.8 Å². The zero-order valence-electron chi connectivity index (χ0n) is 13.9. The molecule has 136 valence electrons. The minimum absolute atomic E-state index is 0.225. The third-order valence-electron chi connectivity index (χ3n) is 3.17. The van der Waals surface area contributed by atoms with Crippen molar-refractivity contribution in [3.63, 3.8) is 0 Å². The molecular formula is C17H15Cl2N3O4. The largest absolute Gasteiger partial charge is 0.493 e. The minimum Gasteiger partial charge on any atom is -0.493 e. The van der Waals surface area contributed by atoms with Crippen LogP contribution >= 0.6 is 23.2 Å². The maximum Gasteiger partial charge on any atom is 0.329 e. The van der Waals surface area contributed by atoms with Crippen LogP contribution in [0.15, 0.2) is 41.5 Å². The van der Waals surface area contributed by atoms with E-state index >= 15 is 0 Å². The number of carbonyl (C=O) groups excluding carboxylic acids is 2. The van der Waals surface area contributed by atoms with Gasteiger partial charge in [0.05, 0.1) is 31.1 Å². The summed E-state index contributed by atoms with van der Waals surface area (Å²) in [6.07, 6.45) is 1.36. The lowest BCUT2D eigenvalue weighted by molar-refractivity contribution is -0.136. The molecule has 2 amide bonds. The van der Waals surface area contributed by atoms with Gasteiger partial charge < -0.3 is 14.8 Å². The first-order chi connectivity index (χ1) is 12.4. The number of nitrogens with one attached hydrogen (secondary N) is 2. The lowest BCUT2D eigenvalue weighted by Gasteiger charge is -2.07. The van der Waals surface area contributed by atoms with Crippen molar-refractivity contribution in [1.82, 2.24) is 5.43 Å². The fourth-order valence-corrected chi connectivity index (χ4v) is 2.26. The van der Waals surface area contributed by atoms with Gasteiger partial charge in [0.2, 0.25) is 0 Å². The maximum atomic E-state index is 11.9. The summed E-state index contributed by atoms with van der Waals surface area (Å²) < 4.78 is 10.3. The third-order valence-corrected chi connectivity index (χ3v) is 3.73. The van der Waals surface area contributed by atoms with Gasteiger partial charge in [0, 0.05) is 5.02 Å². The molecule has 0 heterocycles. The van der Waals surface area contributed by atoms with Crippen molar-refractivity contribution in [1.29, 1.82) is 0 Å². The number of hydrogen-bond donors (Lipinski definition) is 2. The Labute approximate surface area is 159 Å². The van der Waals surface area contributed by atoms with Crippen molar-refractivity contribution >= 4 is 46.9 Å². The van der Waals surface area contributed by atoms with Crippen LogP contribution in [0.5, 0.6) is 11.5 Å². The second-order valence-electron chi connectivity index (χ2n) is 4.89. The molecule has 0 aliphatic heterocycles. The number of halogens is 2. The van der Waals surface area contributed by atoms with Gasteiger partial charge in [-0.05, 0) is 42.0 Å². The number of ether oxygens (including phenoxy) is 2. The quantitative estimate of drug-likeness (QED) is 0.462. The number of carbonyl (C=O) groups is 2. The molecule has 2 aromatic rings. The summed E-state index contributed by atoms with van der Waals surface area (Å²) in [6.45, 7) is 0. The maximum absolute atomic E-state index is 11.9. The van der Waals surface area contributed by atoms with Crippen LogP contribution in [0.3, 0.4) is 0 Å². The summed E-state index contributed by atoms with van der Waals surface area (Å²) in [4.78, 5) is 23.7. The van der Waals surface area contributed by atoms with Gasteiger partial charge >= 0.3 is 11.8 Å². The number of benzene rings is 2. The van der Waals surface area contributed by atoms with Crippen molar-refractivity contribution in [2.24, 2.45) is 5.10 Å². The Hall–Kier alpha value is -2.77. The van der Waals surface area contributed by atoms with E-state index in [1.165, 1.54) is 32.6 Å². The molecule has 0 aromatic heterocycles. The van der Waals surface area contributed by atoms with E-state index in [1.807, 2.05) is 0 Å². The monoisotopic (exact) mass is 395 g/mol. The number of anilines is 1. The average Bonchev–Trinajstić information content (AvgIpc) is 2.64. The Morgan fingerprint density at radius 1 is 1.00 bits per heavy atom. The molecule has 0 bridgehead atoms. The minimum atomic E-state index is -0.960. The predicted octanol–water partition coefficient (Wildman–Crippen LogP) is 3.10. The number of methoxy groups -OCH3 is 2. The van der Waals surface area contributed by atoms with Gasteiger partial charge in [-0.25, -0.2) is 5.43 Å². The van der Waals surface area contributed by atoms with Crippen molar-refractivity contribution in [3.05, 3.63) is 52.0 Å². The van der Waals surface area contributed by atoms with Gasteiger partial charge in [0.1, 0.15) is 0 Å². The van der Waals surface area contributed by atoms with Crippen molar-refractivity contribution in [2.75, 3.05) is 19.5 Å². The average molecular weight is 396 g/mol. The van der Waals surface area contributed by atoms with E-state index in [-0.39, 0.29) is 10.7 Å². The molecule has 0 saturated carbocycles. The molecule has 0 saturated heterocycles. The molecular weight excluding hydrogens is 381 g/mol. The fourth-order valence-electron chi connectivity index (χ4n) is 1.92. The molecule has 9 heteroatoms. The first kappa shape index (κ1) is 19.6. The first-order valence-electron chi connectivity index (χ1n) is 7.26. The molecule has 0 aliphatic rings. The second-order valence-corrected chi connectivity index (χ2v) is 5.74. The standard InChI is InChI=1S/C17H15Cl2N3O4/c1-25-14-6-3-10(7-15(14)26-2)9-20-22-17(24)16(23)21-13-8-11(18)4-5-12(13)19/h3-9H,1-2H3,(H,21,23)(H,22,24)/b20-9+. The van der Waals surface area contributed by atoms with Crippen molar-refractivity contribution in [2.45, 2.75) is 0 Å². The number of amides is 2. The smallest absolute Gasteiger partial charge is 0.329 e. The van der Waals surface area contributed by atoms with E-state index in [9.17, 15) is 9.59 Å². The van der Waals surface area contributed by atoms with E-state index in [4.69, 9.17) is 32.7 Å². The molecule has 0 spiro atoms. The summed E-state index contributed by atoms with van der Waals surface area (Å²) in [5.41, 5.74) is 2.99. The van der Waals surface area contributed by atoms with Crippen LogP contribution in [-0.2, 0) is 9.59 Å². The highest BCUT2D eigenvalue weighted by atomic mass is 35.5. The predicted molar refractivity (Wildman–Crippen MR) is 100 cm³/mol. The van der Waals surface area contributed by atoms with Gasteiger partial charge in [0.25, 0.3) is 0 Å². The fraction of sp³-hybridized carbons (Fsp3) is 0.118. The van der Waals surface area contributed by atoms with E-state index in [2.05, 4.69) is 15.8 Å². The summed E-state index contributed by atoms with van der Waals surface area (Å²) >= 11 is 11.8. The Kier molecular flexibility index (Phi) is 6.82. The summed E-state index contributed by atoms with van der Waals surface area (Å²) in [5, 5.41) is 6.72. The Bertz CT molecular complexity index is 856. The SMILES string of the molecule is COc1ccc(/C=N/NC(=O)C(=O)Nc2cc(Cl)ccc2Cl)cc1OC. The summed E-state index contributed by atoms with van der Waals surface area (Å²) in [7, 11) is 3.03. The van der Waals surface area contributed by atoms with Crippen LogP contribution < -0.4 is 20.2 Å². The summed E-state index contributed by atoms with van der Waals surface area (Å²) in [6, 6.07) is 9.57. The lowest BCUT2D eigenvalue weighted by atomic mass is 10.2. The van der Waals surface area contributed by atoms with Crippen molar-refractivity contribution in [3.8, 4) is 11.5 Å². The molecule has 0 radical (unpaired) electrons. The van der Waals surface area contributed by atoms with Gasteiger partial charge in [-0.3, -0.25) is 9.59 Å². The number of nitrogens with zero attached hydrogens (tertiary/aromatic N) is 1. The molecule has 7 nitrogen and oxygen atoms in total. The Balaban J connectivity index is 1.98. The second kappa shape index (κ2) is 9.07. The van der Waals surface area contributed by atoms with Gasteiger partial charge in [-0.15, -0.1) is 0 Å². The van der Waals surface area contributed by atoms with Crippen molar-refractivity contribution < 1.29 is 19.1 Å². The van der Waals surface area contributed by atoms with Gasteiger partial charge in [-0.2, -0.15) is 5.10 Å². The van der Waals surface area contributed by atoms with E-state index in [0.29, 0.717) is 22.1 Å².